The van der Waals surface area contributed by atoms with Crippen molar-refractivity contribution in [1.29, 1.82) is 0 Å². The van der Waals surface area contributed by atoms with Crippen LogP contribution in [-0.4, -0.2) is 74.2 Å². The lowest BCUT2D eigenvalue weighted by Gasteiger charge is -2.38. The third-order valence-corrected chi connectivity index (χ3v) is 6.56. The number of carbonyl (C=O) groups excluding carboxylic acids is 1. The Morgan fingerprint density at radius 1 is 1.17 bits per heavy atom. The highest BCUT2D eigenvalue weighted by molar-refractivity contribution is 5.96. The zero-order valence-corrected chi connectivity index (χ0v) is 21.7. The second-order valence-corrected chi connectivity index (χ2v) is 8.68. The number of piperidine rings is 1. The lowest BCUT2D eigenvalue weighted by Crippen LogP contribution is -2.47. The average Bonchev–Trinajstić information content (AvgIpc) is 3.16. The fourth-order valence-electron chi connectivity index (χ4n) is 4.60. The number of hydrogen-bond donors (Lipinski definition) is 0. The van der Waals surface area contributed by atoms with Gasteiger partial charge in [0.05, 0.1) is 26.5 Å². The third-order valence-electron chi connectivity index (χ3n) is 6.56. The first-order valence-electron chi connectivity index (χ1n) is 12.5. The molecule has 1 amide bonds. The lowest BCUT2D eigenvalue weighted by atomic mass is 10.0. The van der Waals surface area contributed by atoms with Crippen LogP contribution in [0.15, 0.2) is 64.2 Å². The van der Waals surface area contributed by atoms with Crippen molar-refractivity contribution in [3.63, 3.8) is 0 Å². The molecule has 0 aromatic heterocycles. The number of likely N-dealkylation sites (tertiary alicyclic amines) is 1. The zero-order valence-electron chi connectivity index (χ0n) is 21.7. The van der Waals surface area contributed by atoms with Crippen molar-refractivity contribution in [3.8, 4) is 11.5 Å². The number of ether oxygens (including phenoxy) is 2. The van der Waals surface area contributed by atoms with E-state index in [1.807, 2.05) is 43.2 Å². The molecule has 1 fully saturated rings. The van der Waals surface area contributed by atoms with Crippen molar-refractivity contribution in [1.82, 2.24) is 14.8 Å². The van der Waals surface area contributed by atoms with Gasteiger partial charge in [-0.1, -0.05) is 30.7 Å². The van der Waals surface area contributed by atoms with Crippen molar-refractivity contribution in [2.45, 2.75) is 45.6 Å². The van der Waals surface area contributed by atoms with Crippen molar-refractivity contribution in [2.24, 2.45) is 10.3 Å². The minimum atomic E-state index is -0.0388. The Balaban J connectivity index is 1.92. The molecule has 1 aromatic carbocycles. The van der Waals surface area contributed by atoms with Gasteiger partial charge < -0.3 is 14.4 Å². The monoisotopic (exact) mass is 481 g/mol. The predicted octanol–water partition coefficient (Wildman–Crippen LogP) is 5.07. The molecule has 1 aromatic rings. The number of rotatable bonds is 10. The molecule has 0 saturated carbocycles. The van der Waals surface area contributed by atoms with E-state index < -0.39 is 0 Å². The molecule has 1 aliphatic heterocycles. The van der Waals surface area contributed by atoms with Crippen LogP contribution in [0.25, 0.3) is 0 Å². The molecule has 8 nitrogen and oxygen atoms in total. The molecule has 35 heavy (non-hydrogen) atoms. The van der Waals surface area contributed by atoms with Crippen LogP contribution in [-0.2, 0) is 0 Å². The summed E-state index contributed by atoms with van der Waals surface area (Å²) in [5.74, 6) is 1.11. The molecule has 0 radical (unpaired) electrons. The van der Waals surface area contributed by atoms with Crippen molar-refractivity contribution in [2.75, 3.05) is 47.4 Å². The van der Waals surface area contributed by atoms with E-state index in [0.717, 1.165) is 30.9 Å². The van der Waals surface area contributed by atoms with Gasteiger partial charge in [0, 0.05) is 37.3 Å². The average molecular weight is 482 g/mol. The molecular weight excluding hydrogens is 442 g/mol. The lowest BCUT2D eigenvalue weighted by molar-refractivity contribution is 0.0702. The standard InChI is InChI=1S/C27H39N5O3/c1-6-28-29-30(3)22-12-10-13-23(16-15-22)32(20-24-11-8-9-18-31(24)7-2)27(33)21-14-17-25(34-4)26(19-21)35-5/h10,12-15,17,19,24H,6-9,11,16,18,20H2,1-5H3/t24-/m0/s1. The maximum atomic E-state index is 13.9. The largest absolute Gasteiger partial charge is 0.493 e. The summed E-state index contributed by atoms with van der Waals surface area (Å²) in [6.07, 6.45) is 12.2. The normalized spacial score (nSPS) is 18.6. The number of likely N-dealkylation sites (N-methyl/N-ethyl adjacent to an activating group) is 2. The van der Waals surface area contributed by atoms with Crippen molar-refractivity contribution < 1.29 is 14.3 Å². The molecule has 2 aliphatic rings. The topological polar surface area (TPSA) is 70.0 Å². The Hall–Kier alpha value is -3.13. The molecule has 0 unspecified atom stereocenters. The number of allylic oxidation sites excluding steroid dienone is 4. The Kier molecular flexibility index (Phi) is 9.90. The highest BCUT2D eigenvalue weighted by Crippen LogP contribution is 2.30. The van der Waals surface area contributed by atoms with E-state index in [1.165, 1.54) is 12.8 Å². The van der Waals surface area contributed by atoms with Gasteiger partial charge in [-0.2, -0.15) is 5.11 Å². The van der Waals surface area contributed by atoms with Crippen LogP contribution in [0.5, 0.6) is 11.5 Å². The number of nitrogens with zero attached hydrogens (tertiary/aromatic N) is 5. The molecule has 190 valence electrons. The second kappa shape index (κ2) is 13.1. The van der Waals surface area contributed by atoms with Crippen LogP contribution >= 0.6 is 0 Å². The molecule has 1 saturated heterocycles. The minimum absolute atomic E-state index is 0.0388. The summed E-state index contributed by atoms with van der Waals surface area (Å²) < 4.78 is 10.8. The number of methoxy groups -OCH3 is 2. The van der Waals surface area contributed by atoms with Gasteiger partial charge in [0.15, 0.2) is 11.5 Å². The van der Waals surface area contributed by atoms with E-state index in [1.54, 1.807) is 31.4 Å². The van der Waals surface area contributed by atoms with Crippen LogP contribution < -0.4 is 9.47 Å². The van der Waals surface area contributed by atoms with Gasteiger partial charge in [-0.25, -0.2) is 0 Å². The van der Waals surface area contributed by atoms with Gasteiger partial charge in [0.1, 0.15) is 0 Å². The summed E-state index contributed by atoms with van der Waals surface area (Å²) in [5, 5.41) is 10.1. The first-order chi connectivity index (χ1) is 17.0. The van der Waals surface area contributed by atoms with Gasteiger partial charge in [-0.05, 0) is 63.2 Å². The number of benzene rings is 1. The highest BCUT2D eigenvalue weighted by atomic mass is 16.5. The first kappa shape index (κ1) is 26.5. The summed E-state index contributed by atoms with van der Waals surface area (Å²) in [5.41, 5.74) is 2.48. The summed E-state index contributed by atoms with van der Waals surface area (Å²) in [7, 11) is 5.06. The van der Waals surface area contributed by atoms with Crippen LogP contribution in [0.3, 0.4) is 0 Å². The molecule has 1 atom stereocenters. The number of hydrogen-bond acceptors (Lipinski definition) is 6. The van der Waals surface area contributed by atoms with E-state index in [2.05, 4.69) is 28.2 Å². The Bertz CT molecular complexity index is 985. The van der Waals surface area contributed by atoms with Gasteiger partial charge in [0.2, 0.25) is 0 Å². The number of carbonyl (C=O) groups is 1. The second-order valence-electron chi connectivity index (χ2n) is 8.68. The quantitative estimate of drug-likeness (QED) is 0.345. The summed E-state index contributed by atoms with van der Waals surface area (Å²) in [6, 6.07) is 5.69. The maximum Gasteiger partial charge on any atom is 0.258 e. The predicted molar refractivity (Wildman–Crippen MR) is 139 cm³/mol. The molecule has 3 rings (SSSR count). The maximum absolute atomic E-state index is 13.9. The van der Waals surface area contributed by atoms with Crippen LogP contribution in [0.1, 0.15) is 49.9 Å². The molecular formula is C27H39N5O3. The van der Waals surface area contributed by atoms with Crippen LogP contribution in [0, 0.1) is 0 Å². The van der Waals surface area contributed by atoms with E-state index in [-0.39, 0.29) is 5.91 Å². The minimum Gasteiger partial charge on any atom is -0.493 e. The summed E-state index contributed by atoms with van der Waals surface area (Å²) in [6.45, 7) is 7.50. The smallest absolute Gasteiger partial charge is 0.258 e. The highest BCUT2D eigenvalue weighted by Gasteiger charge is 2.28. The zero-order chi connectivity index (χ0) is 25.2. The molecule has 0 N–H and O–H groups in total. The fourth-order valence-corrected chi connectivity index (χ4v) is 4.60. The van der Waals surface area contributed by atoms with E-state index in [0.29, 0.717) is 42.6 Å². The van der Waals surface area contributed by atoms with E-state index >= 15 is 0 Å². The number of amides is 1. The van der Waals surface area contributed by atoms with Crippen LogP contribution in [0.2, 0.25) is 0 Å². The molecule has 8 heteroatoms. The van der Waals surface area contributed by atoms with E-state index in [9.17, 15) is 4.79 Å². The molecule has 1 aliphatic carbocycles. The Labute approximate surface area is 209 Å². The fraction of sp³-hybridized carbons (Fsp3) is 0.519. The molecule has 1 heterocycles. The summed E-state index contributed by atoms with van der Waals surface area (Å²) in [4.78, 5) is 18.4. The Morgan fingerprint density at radius 3 is 2.69 bits per heavy atom. The van der Waals surface area contributed by atoms with Gasteiger partial charge in [0.25, 0.3) is 5.91 Å². The molecule has 0 bridgehead atoms. The van der Waals surface area contributed by atoms with Gasteiger partial charge >= 0.3 is 0 Å². The van der Waals surface area contributed by atoms with Gasteiger partial charge in [-0.15, -0.1) is 0 Å². The van der Waals surface area contributed by atoms with Crippen molar-refractivity contribution in [3.05, 3.63) is 59.5 Å². The SMILES string of the molecule is CCN=NN(C)C1=CCC(N(C[C@@H]2CCCCN2CC)C(=O)c2ccc(OC)c(OC)c2)=CC=C1. The van der Waals surface area contributed by atoms with Crippen molar-refractivity contribution >= 4 is 5.91 Å². The summed E-state index contributed by atoms with van der Waals surface area (Å²) >= 11 is 0. The molecule has 0 spiro atoms. The first-order valence-corrected chi connectivity index (χ1v) is 12.5. The van der Waals surface area contributed by atoms with E-state index in [4.69, 9.17) is 9.47 Å². The Morgan fingerprint density at radius 2 is 1.97 bits per heavy atom. The third kappa shape index (κ3) is 6.72. The van der Waals surface area contributed by atoms with Crippen LogP contribution in [0.4, 0.5) is 0 Å². The van der Waals surface area contributed by atoms with Gasteiger partial charge in [-0.3, -0.25) is 14.7 Å².